The monoisotopic (exact) mass is 264 g/mol. The molecule has 102 valence electrons. The zero-order valence-electron chi connectivity index (χ0n) is 11.9. The fourth-order valence-corrected chi connectivity index (χ4v) is 3.84. The standard InChI is InChI=1S/C19H20O/c1-2-15-12-18-16-9-5-3-7-13(16)11-14-8-4-6-10-17(14)19(18)20-15/h3-10,15,18-19H,2,11-12H2,1H3. The van der Waals surface area contributed by atoms with Crippen molar-refractivity contribution in [3.63, 3.8) is 0 Å². The average molecular weight is 264 g/mol. The van der Waals surface area contributed by atoms with Crippen molar-refractivity contribution >= 4 is 0 Å². The Morgan fingerprint density at radius 2 is 1.60 bits per heavy atom. The van der Waals surface area contributed by atoms with E-state index in [2.05, 4.69) is 55.5 Å². The summed E-state index contributed by atoms with van der Waals surface area (Å²) < 4.78 is 6.38. The lowest BCUT2D eigenvalue weighted by atomic mass is 9.87. The van der Waals surface area contributed by atoms with Crippen molar-refractivity contribution in [1.29, 1.82) is 0 Å². The molecule has 0 spiro atoms. The summed E-state index contributed by atoms with van der Waals surface area (Å²) in [6.07, 6.45) is 3.97. The predicted octanol–water partition coefficient (Wildman–Crippen LogP) is 4.61. The number of hydrogen-bond acceptors (Lipinski definition) is 1. The first kappa shape index (κ1) is 12.2. The van der Waals surface area contributed by atoms with Crippen LogP contribution in [0.15, 0.2) is 48.5 Å². The number of rotatable bonds is 1. The lowest BCUT2D eigenvalue weighted by Crippen LogP contribution is -2.06. The van der Waals surface area contributed by atoms with Crippen LogP contribution in [0, 0.1) is 0 Å². The zero-order chi connectivity index (χ0) is 13.5. The summed E-state index contributed by atoms with van der Waals surface area (Å²) in [6.45, 7) is 2.23. The number of ether oxygens (including phenoxy) is 1. The van der Waals surface area contributed by atoms with E-state index in [0.717, 1.165) is 19.3 Å². The molecule has 1 aliphatic carbocycles. The fraction of sp³-hybridized carbons (Fsp3) is 0.368. The van der Waals surface area contributed by atoms with Crippen LogP contribution in [0.2, 0.25) is 0 Å². The molecule has 2 aromatic rings. The molecule has 0 amide bonds. The third-order valence-corrected chi connectivity index (χ3v) is 4.87. The molecular formula is C19H20O. The Labute approximate surface area is 120 Å². The second kappa shape index (κ2) is 4.75. The SMILES string of the molecule is CCC1CC2c3ccccc3Cc3ccccc3C2O1. The van der Waals surface area contributed by atoms with Gasteiger partial charge in [-0.25, -0.2) is 0 Å². The van der Waals surface area contributed by atoms with Crippen LogP contribution in [-0.2, 0) is 11.2 Å². The fourth-order valence-electron chi connectivity index (χ4n) is 3.84. The van der Waals surface area contributed by atoms with Crippen molar-refractivity contribution in [2.75, 3.05) is 0 Å². The van der Waals surface area contributed by atoms with Crippen LogP contribution >= 0.6 is 0 Å². The van der Waals surface area contributed by atoms with Crippen LogP contribution in [0.5, 0.6) is 0 Å². The highest BCUT2D eigenvalue weighted by molar-refractivity contribution is 5.44. The Bertz CT molecular complexity index is 578. The van der Waals surface area contributed by atoms with Gasteiger partial charge in [0.1, 0.15) is 0 Å². The van der Waals surface area contributed by atoms with Gasteiger partial charge < -0.3 is 4.74 Å². The van der Waals surface area contributed by atoms with Crippen molar-refractivity contribution in [1.82, 2.24) is 0 Å². The smallest absolute Gasteiger partial charge is 0.0900 e. The third-order valence-electron chi connectivity index (χ3n) is 4.87. The van der Waals surface area contributed by atoms with Gasteiger partial charge in [-0.3, -0.25) is 0 Å². The first-order chi connectivity index (χ1) is 9.86. The summed E-state index contributed by atoms with van der Waals surface area (Å²) >= 11 is 0. The van der Waals surface area contributed by atoms with Gasteiger partial charge in [-0.2, -0.15) is 0 Å². The minimum atomic E-state index is 0.250. The van der Waals surface area contributed by atoms with Crippen molar-refractivity contribution in [2.24, 2.45) is 0 Å². The Hall–Kier alpha value is -1.60. The zero-order valence-corrected chi connectivity index (χ0v) is 11.9. The van der Waals surface area contributed by atoms with Crippen LogP contribution in [0.3, 0.4) is 0 Å². The maximum absolute atomic E-state index is 6.38. The molecule has 1 heterocycles. The Morgan fingerprint density at radius 1 is 0.950 bits per heavy atom. The molecule has 2 aromatic carbocycles. The van der Waals surface area contributed by atoms with Gasteiger partial charge in [-0.1, -0.05) is 55.5 Å². The summed E-state index contributed by atoms with van der Waals surface area (Å²) in [6, 6.07) is 17.7. The van der Waals surface area contributed by atoms with Gasteiger partial charge in [-0.15, -0.1) is 0 Å². The molecule has 20 heavy (non-hydrogen) atoms. The van der Waals surface area contributed by atoms with Gasteiger partial charge in [0.15, 0.2) is 0 Å². The largest absolute Gasteiger partial charge is 0.370 e. The van der Waals surface area contributed by atoms with E-state index in [1.54, 1.807) is 0 Å². The molecule has 0 radical (unpaired) electrons. The molecule has 4 rings (SSSR count). The maximum Gasteiger partial charge on any atom is 0.0900 e. The second-order valence-electron chi connectivity index (χ2n) is 6.00. The van der Waals surface area contributed by atoms with Gasteiger partial charge in [0.25, 0.3) is 0 Å². The molecule has 2 aliphatic rings. The molecule has 1 nitrogen and oxygen atoms in total. The minimum absolute atomic E-state index is 0.250. The predicted molar refractivity (Wildman–Crippen MR) is 81.0 cm³/mol. The summed E-state index contributed by atoms with van der Waals surface area (Å²) in [5.41, 5.74) is 5.83. The van der Waals surface area contributed by atoms with Gasteiger partial charge in [0, 0.05) is 5.92 Å². The first-order valence-electron chi connectivity index (χ1n) is 7.68. The van der Waals surface area contributed by atoms with E-state index in [0.29, 0.717) is 12.0 Å². The van der Waals surface area contributed by atoms with Gasteiger partial charge in [0.05, 0.1) is 12.2 Å². The van der Waals surface area contributed by atoms with Crippen LogP contribution in [0.25, 0.3) is 0 Å². The van der Waals surface area contributed by atoms with E-state index in [-0.39, 0.29) is 6.10 Å². The highest BCUT2D eigenvalue weighted by atomic mass is 16.5. The normalized spacial score (nSPS) is 27.4. The van der Waals surface area contributed by atoms with Crippen LogP contribution in [-0.4, -0.2) is 6.10 Å². The molecule has 3 atom stereocenters. The third kappa shape index (κ3) is 1.81. The molecular weight excluding hydrogens is 244 g/mol. The molecule has 0 N–H and O–H groups in total. The summed E-state index contributed by atoms with van der Waals surface area (Å²) in [4.78, 5) is 0. The number of benzene rings is 2. The Morgan fingerprint density at radius 3 is 2.35 bits per heavy atom. The highest BCUT2D eigenvalue weighted by Gasteiger charge is 2.39. The van der Waals surface area contributed by atoms with Crippen molar-refractivity contribution in [3.8, 4) is 0 Å². The van der Waals surface area contributed by atoms with Crippen LogP contribution in [0.1, 0.15) is 54.0 Å². The second-order valence-corrected chi connectivity index (χ2v) is 6.00. The molecule has 0 aromatic heterocycles. The summed E-state index contributed by atoms with van der Waals surface area (Å²) in [5, 5.41) is 0. The van der Waals surface area contributed by atoms with Crippen molar-refractivity contribution < 1.29 is 4.74 Å². The molecule has 0 saturated carbocycles. The van der Waals surface area contributed by atoms with E-state index < -0.39 is 0 Å². The molecule has 1 fully saturated rings. The number of hydrogen-bond donors (Lipinski definition) is 0. The average Bonchev–Trinajstić information content (AvgIpc) is 2.87. The van der Waals surface area contributed by atoms with Gasteiger partial charge in [0.2, 0.25) is 0 Å². The molecule has 1 aliphatic heterocycles. The van der Waals surface area contributed by atoms with Crippen molar-refractivity contribution in [3.05, 3.63) is 70.8 Å². The van der Waals surface area contributed by atoms with E-state index >= 15 is 0 Å². The van der Waals surface area contributed by atoms with E-state index in [9.17, 15) is 0 Å². The van der Waals surface area contributed by atoms with E-state index in [4.69, 9.17) is 4.74 Å². The molecule has 0 bridgehead atoms. The number of fused-ring (bicyclic) bond motifs is 5. The van der Waals surface area contributed by atoms with Crippen molar-refractivity contribution in [2.45, 2.75) is 44.3 Å². The van der Waals surface area contributed by atoms with Gasteiger partial charge >= 0.3 is 0 Å². The summed E-state index contributed by atoms with van der Waals surface area (Å²) in [5.74, 6) is 0.528. The van der Waals surface area contributed by atoms with Gasteiger partial charge in [-0.05, 0) is 41.5 Å². The topological polar surface area (TPSA) is 9.23 Å². The van der Waals surface area contributed by atoms with E-state index in [1.807, 2.05) is 0 Å². The molecule has 3 unspecified atom stereocenters. The van der Waals surface area contributed by atoms with Crippen LogP contribution < -0.4 is 0 Å². The Balaban J connectivity index is 1.89. The molecule has 1 heteroatoms. The summed E-state index contributed by atoms with van der Waals surface area (Å²) in [7, 11) is 0. The first-order valence-corrected chi connectivity index (χ1v) is 7.68. The van der Waals surface area contributed by atoms with E-state index in [1.165, 1.54) is 22.3 Å². The lowest BCUT2D eigenvalue weighted by Gasteiger charge is -2.19. The quantitative estimate of drug-likeness (QED) is 0.730. The van der Waals surface area contributed by atoms with Crippen LogP contribution in [0.4, 0.5) is 0 Å². The Kier molecular flexibility index (Phi) is 2.89. The maximum atomic E-state index is 6.38. The minimum Gasteiger partial charge on any atom is -0.370 e. The highest BCUT2D eigenvalue weighted by Crippen LogP contribution is 2.49. The molecule has 1 saturated heterocycles. The lowest BCUT2D eigenvalue weighted by molar-refractivity contribution is 0.0388.